The third-order valence-corrected chi connectivity index (χ3v) is 16.1. The van der Waals surface area contributed by atoms with Gasteiger partial charge in [0.1, 0.15) is 0 Å². The van der Waals surface area contributed by atoms with Gasteiger partial charge >= 0.3 is 0 Å². The fourth-order valence-corrected chi connectivity index (χ4v) is 12.1. The molecule has 0 aromatic heterocycles. The van der Waals surface area contributed by atoms with E-state index in [9.17, 15) is 0 Å². The number of fused-ring (bicyclic) bond motifs is 5. The van der Waals surface area contributed by atoms with Gasteiger partial charge in [0.25, 0.3) is 0 Å². The van der Waals surface area contributed by atoms with Crippen LogP contribution in [0.25, 0.3) is 111 Å². The van der Waals surface area contributed by atoms with E-state index in [1.165, 1.54) is 133 Å². The molecule has 0 saturated carbocycles. The SMILES string of the molecule is c1ccc(-c2ccc(-c3ccc(-c4ccc(-c5ccc6c(c5)C(c5ccccc5)(c5ccccc5)c5cc(-c7ccc(-c8ccc(-c9ccc(-c%10ccccc%10)cc9)cc8)cc7)c7ccccc7c5-6)cc4)cc3)cc2)cc1. The molecule has 0 heterocycles. The molecule has 77 heavy (non-hydrogen) atoms. The highest BCUT2D eigenvalue weighted by Crippen LogP contribution is 2.59. The lowest BCUT2D eigenvalue weighted by atomic mass is 9.67. The zero-order chi connectivity index (χ0) is 51.1. The Bertz CT molecular complexity index is 4160. The molecular weight excluding hydrogens is 925 g/mol. The van der Waals surface area contributed by atoms with Crippen LogP contribution in [-0.4, -0.2) is 0 Å². The van der Waals surface area contributed by atoms with Crippen molar-refractivity contribution in [1.82, 2.24) is 0 Å². The third kappa shape index (κ3) is 8.20. The van der Waals surface area contributed by atoms with Gasteiger partial charge in [-0.25, -0.2) is 0 Å². The Labute approximate surface area is 451 Å². The molecule has 1 aliphatic carbocycles. The monoisotopic (exact) mass is 976 g/mol. The van der Waals surface area contributed by atoms with Gasteiger partial charge in [-0.2, -0.15) is 0 Å². The predicted molar refractivity (Wildman–Crippen MR) is 325 cm³/mol. The average Bonchev–Trinajstić information content (AvgIpc) is 4.04. The first-order valence-electron chi connectivity index (χ1n) is 26.7. The van der Waals surface area contributed by atoms with Crippen molar-refractivity contribution in [2.24, 2.45) is 0 Å². The van der Waals surface area contributed by atoms with Gasteiger partial charge in [-0.3, -0.25) is 0 Å². The van der Waals surface area contributed by atoms with Crippen molar-refractivity contribution >= 4 is 10.8 Å². The summed E-state index contributed by atoms with van der Waals surface area (Å²) in [4.78, 5) is 0. The molecule has 0 fully saturated rings. The van der Waals surface area contributed by atoms with Crippen molar-refractivity contribution in [1.29, 1.82) is 0 Å². The molecule has 0 spiro atoms. The molecule has 0 unspecified atom stereocenters. The van der Waals surface area contributed by atoms with E-state index in [2.05, 4.69) is 315 Å². The lowest BCUT2D eigenvalue weighted by Gasteiger charge is -2.34. The average molecular weight is 977 g/mol. The smallest absolute Gasteiger partial charge is 0.0622 e. The minimum absolute atomic E-state index is 0.588. The van der Waals surface area contributed by atoms with Gasteiger partial charge in [-0.15, -0.1) is 0 Å². The first kappa shape index (κ1) is 45.7. The molecule has 0 bridgehead atoms. The minimum atomic E-state index is -0.588. The van der Waals surface area contributed by atoms with Crippen molar-refractivity contribution < 1.29 is 0 Å². The molecule has 0 N–H and O–H groups in total. The maximum absolute atomic E-state index is 2.52. The number of hydrogen-bond acceptors (Lipinski definition) is 0. The maximum Gasteiger partial charge on any atom is 0.0714 e. The summed E-state index contributed by atoms with van der Waals surface area (Å²) < 4.78 is 0. The molecule has 0 heteroatoms. The Kier molecular flexibility index (Phi) is 11.5. The Hall–Kier alpha value is -9.88. The molecule has 13 aromatic rings. The summed E-state index contributed by atoms with van der Waals surface area (Å²) in [5.74, 6) is 0. The summed E-state index contributed by atoms with van der Waals surface area (Å²) in [7, 11) is 0. The van der Waals surface area contributed by atoms with Crippen LogP contribution in [0.5, 0.6) is 0 Å². The second-order valence-corrected chi connectivity index (χ2v) is 20.3. The topological polar surface area (TPSA) is 0 Å². The van der Waals surface area contributed by atoms with E-state index in [4.69, 9.17) is 0 Å². The quantitative estimate of drug-likeness (QED) is 0.128. The van der Waals surface area contributed by atoms with Crippen molar-refractivity contribution in [3.8, 4) is 100 Å². The minimum Gasteiger partial charge on any atom is -0.0622 e. The van der Waals surface area contributed by atoms with E-state index in [0.29, 0.717) is 0 Å². The highest BCUT2D eigenvalue weighted by Gasteiger charge is 2.47. The van der Waals surface area contributed by atoms with E-state index in [-0.39, 0.29) is 0 Å². The number of benzene rings is 13. The van der Waals surface area contributed by atoms with Gasteiger partial charge in [0.15, 0.2) is 0 Å². The highest BCUT2D eigenvalue weighted by molar-refractivity contribution is 6.10. The highest BCUT2D eigenvalue weighted by atomic mass is 14.5. The molecule has 0 radical (unpaired) electrons. The van der Waals surface area contributed by atoms with E-state index < -0.39 is 5.41 Å². The van der Waals surface area contributed by atoms with Crippen molar-refractivity contribution in [3.63, 3.8) is 0 Å². The standard InChI is InChI=1S/C77H52/c1-5-15-53(16-6-1)55-25-29-57(30-26-55)59-33-35-61(36-34-59)63-41-43-65(44-42-63)67-49-50-72-74(51-67)77(68-19-9-3-10-20-68,69-21-11-4-12-22-69)75-52-73(70-23-13-14-24-71(70)76(72)75)66-47-45-64(46-48-66)62-39-37-60(38-40-62)58-31-27-56(28-32-58)54-17-7-2-8-18-54/h1-52H. The Balaban J connectivity index is 0.813. The molecule has 0 aliphatic heterocycles. The zero-order valence-corrected chi connectivity index (χ0v) is 42.5. The van der Waals surface area contributed by atoms with Crippen LogP contribution < -0.4 is 0 Å². The molecule has 0 nitrogen and oxygen atoms in total. The van der Waals surface area contributed by atoms with Gasteiger partial charge in [-0.05, 0) is 145 Å². The predicted octanol–water partition coefficient (Wildman–Crippen LogP) is 20.5. The first-order valence-corrected chi connectivity index (χ1v) is 26.7. The van der Waals surface area contributed by atoms with Crippen molar-refractivity contribution in [2.45, 2.75) is 5.41 Å². The number of rotatable bonds is 10. The molecule has 13 aromatic carbocycles. The van der Waals surface area contributed by atoms with Gasteiger partial charge in [0.05, 0.1) is 5.41 Å². The largest absolute Gasteiger partial charge is 0.0714 e. The molecule has 1 aliphatic rings. The van der Waals surface area contributed by atoms with Gasteiger partial charge < -0.3 is 0 Å². The first-order chi connectivity index (χ1) is 38.2. The van der Waals surface area contributed by atoms with Crippen molar-refractivity contribution in [2.75, 3.05) is 0 Å². The molecule has 0 atom stereocenters. The summed E-state index contributed by atoms with van der Waals surface area (Å²) in [6.45, 7) is 0. The summed E-state index contributed by atoms with van der Waals surface area (Å²) in [6.07, 6.45) is 0. The van der Waals surface area contributed by atoms with E-state index in [0.717, 1.165) is 0 Å². The molecule has 0 saturated heterocycles. The van der Waals surface area contributed by atoms with Crippen LogP contribution in [0, 0.1) is 0 Å². The van der Waals surface area contributed by atoms with Gasteiger partial charge in [0, 0.05) is 0 Å². The van der Waals surface area contributed by atoms with Crippen LogP contribution in [0.2, 0.25) is 0 Å². The van der Waals surface area contributed by atoms with Crippen LogP contribution in [0.4, 0.5) is 0 Å². The Morgan fingerprint density at radius 2 is 0.442 bits per heavy atom. The van der Waals surface area contributed by atoms with Crippen molar-refractivity contribution in [3.05, 3.63) is 338 Å². The van der Waals surface area contributed by atoms with Crippen LogP contribution in [0.1, 0.15) is 22.3 Å². The fourth-order valence-electron chi connectivity index (χ4n) is 12.1. The van der Waals surface area contributed by atoms with E-state index >= 15 is 0 Å². The van der Waals surface area contributed by atoms with Gasteiger partial charge in [0.2, 0.25) is 0 Å². The van der Waals surface area contributed by atoms with Crippen LogP contribution in [0.3, 0.4) is 0 Å². The summed E-state index contributed by atoms with van der Waals surface area (Å²) in [6, 6.07) is 116. The lowest BCUT2D eigenvalue weighted by molar-refractivity contribution is 0.769. The van der Waals surface area contributed by atoms with Crippen LogP contribution in [-0.2, 0) is 5.41 Å². The molecular formula is C77H52. The van der Waals surface area contributed by atoms with Crippen LogP contribution >= 0.6 is 0 Å². The normalized spacial score (nSPS) is 12.3. The second kappa shape index (κ2) is 19.4. The molecule has 0 amide bonds. The lowest BCUT2D eigenvalue weighted by Crippen LogP contribution is -2.28. The number of hydrogen-bond donors (Lipinski definition) is 0. The summed E-state index contributed by atoms with van der Waals surface area (Å²) in [5.41, 5.74) is 26.5. The maximum atomic E-state index is 2.52. The molecule has 14 rings (SSSR count). The van der Waals surface area contributed by atoms with Crippen LogP contribution in [0.15, 0.2) is 315 Å². The summed E-state index contributed by atoms with van der Waals surface area (Å²) >= 11 is 0. The molecule has 360 valence electrons. The Morgan fingerprint density at radius 3 is 0.805 bits per heavy atom. The Morgan fingerprint density at radius 1 is 0.169 bits per heavy atom. The third-order valence-electron chi connectivity index (χ3n) is 16.1. The van der Waals surface area contributed by atoms with Gasteiger partial charge in [-0.1, -0.05) is 303 Å². The fraction of sp³-hybridized carbons (Fsp3) is 0.0130. The second-order valence-electron chi connectivity index (χ2n) is 20.3. The zero-order valence-electron chi connectivity index (χ0n) is 42.5. The summed E-state index contributed by atoms with van der Waals surface area (Å²) in [5, 5.41) is 2.51. The van der Waals surface area contributed by atoms with E-state index in [1.807, 2.05) is 0 Å². The van der Waals surface area contributed by atoms with E-state index in [1.54, 1.807) is 0 Å².